The van der Waals surface area contributed by atoms with E-state index in [2.05, 4.69) is 6.92 Å². The first-order chi connectivity index (χ1) is 17.0. The highest BCUT2D eigenvalue weighted by molar-refractivity contribution is 5.84. The average Bonchev–Trinajstić information content (AvgIpc) is 2.86. The summed E-state index contributed by atoms with van der Waals surface area (Å²) in [4.78, 5) is 0. The fourth-order valence-corrected chi connectivity index (χ4v) is 4.43. The van der Waals surface area contributed by atoms with E-state index in [0.717, 1.165) is 41.3 Å². The van der Waals surface area contributed by atoms with Crippen LogP contribution in [0.3, 0.4) is 0 Å². The topological polar surface area (TPSA) is 23.8 Å². The van der Waals surface area contributed by atoms with E-state index in [0.29, 0.717) is 42.2 Å². The molecule has 4 aromatic carbocycles. The minimum absolute atomic E-state index is 0.00756. The Labute approximate surface area is 204 Å². The van der Waals surface area contributed by atoms with E-state index in [1.807, 2.05) is 30.3 Å². The standard InChI is InChI=1S/C31H28F3N/c1-2-3-4-21-5-10-24(29(32)18-21)11-6-22-9-16-28-26(17-22)15-14-25(31(28)34)12-7-23-8-13-27(20-35)30(33)19-23/h5,8-10,13-19H,2-4,6-7,11-12H2,1H3. The molecule has 0 N–H and O–H groups in total. The number of nitriles is 1. The molecule has 1 nitrogen and oxygen atoms in total. The molecule has 0 heterocycles. The number of hydrogen-bond acceptors (Lipinski definition) is 1. The van der Waals surface area contributed by atoms with Crippen molar-refractivity contribution in [3.8, 4) is 6.07 Å². The highest BCUT2D eigenvalue weighted by Gasteiger charge is 2.11. The Bertz CT molecular complexity index is 1380. The molecule has 0 radical (unpaired) electrons. The molecule has 4 aromatic rings. The lowest BCUT2D eigenvalue weighted by Crippen LogP contribution is -1.99. The zero-order chi connectivity index (χ0) is 24.8. The van der Waals surface area contributed by atoms with Gasteiger partial charge in [0.05, 0.1) is 5.56 Å². The van der Waals surface area contributed by atoms with Gasteiger partial charge in [-0.25, -0.2) is 13.2 Å². The number of hydrogen-bond donors (Lipinski definition) is 0. The number of fused-ring (bicyclic) bond motifs is 1. The molecule has 0 aliphatic heterocycles. The lowest BCUT2D eigenvalue weighted by molar-refractivity contribution is 0.605. The number of nitrogens with zero attached hydrogens (tertiary/aromatic N) is 1. The molecule has 0 amide bonds. The Hall–Kier alpha value is -3.58. The Morgan fingerprint density at radius 2 is 1.29 bits per heavy atom. The van der Waals surface area contributed by atoms with Crippen molar-refractivity contribution >= 4 is 10.8 Å². The van der Waals surface area contributed by atoms with Crippen LogP contribution in [0.4, 0.5) is 13.2 Å². The van der Waals surface area contributed by atoms with Crippen LogP contribution >= 0.6 is 0 Å². The van der Waals surface area contributed by atoms with Crippen LogP contribution in [0.2, 0.25) is 0 Å². The first kappa shape index (κ1) is 24.5. The summed E-state index contributed by atoms with van der Waals surface area (Å²) in [6.45, 7) is 2.13. The monoisotopic (exact) mass is 471 g/mol. The predicted octanol–water partition coefficient (Wildman–Crippen LogP) is 8.04. The van der Waals surface area contributed by atoms with Crippen LogP contribution in [0.25, 0.3) is 10.8 Å². The maximum atomic E-state index is 15.2. The molecule has 4 heteroatoms. The van der Waals surface area contributed by atoms with Crippen molar-refractivity contribution < 1.29 is 13.2 Å². The first-order valence-electron chi connectivity index (χ1n) is 12.1. The molecule has 0 unspecified atom stereocenters. The van der Waals surface area contributed by atoms with Gasteiger partial charge in [0.2, 0.25) is 0 Å². The van der Waals surface area contributed by atoms with Crippen LogP contribution in [0.1, 0.15) is 53.1 Å². The number of benzene rings is 4. The lowest BCUT2D eigenvalue weighted by atomic mass is 9.96. The SMILES string of the molecule is CCCCc1ccc(CCc2ccc3c(F)c(CCc4ccc(C#N)c(F)c4)ccc3c2)c(F)c1. The van der Waals surface area contributed by atoms with Gasteiger partial charge in [0.1, 0.15) is 23.5 Å². The quantitative estimate of drug-likeness (QED) is 0.242. The van der Waals surface area contributed by atoms with Gasteiger partial charge in [0, 0.05) is 5.39 Å². The molecule has 0 spiro atoms. The third kappa shape index (κ3) is 5.92. The van der Waals surface area contributed by atoms with Gasteiger partial charge in [-0.05, 0) is 89.9 Å². The summed E-state index contributed by atoms with van der Waals surface area (Å²) in [5, 5.41) is 10.2. The van der Waals surface area contributed by atoms with Gasteiger partial charge in [-0.3, -0.25) is 0 Å². The minimum Gasteiger partial charge on any atom is -0.207 e. The van der Waals surface area contributed by atoms with E-state index in [9.17, 15) is 8.78 Å². The molecule has 178 valence electrons. The molecular formula is C31H28F3N. The van der Waals surface area contributed by atoms with Crippen molar-refractivity contribution in [2.45, 2.75) is 51.9 Å². The predicted molar refractivity (Wildman–Crippen MR) is 135 cm³/mol. The van der Waals surface area contributed by atoms with Crippen molar-refractivity contribution in [2.24, 2.45) is 0 Å². The van der Waals surface area contributed by atoms with Gasteiger partial charge in [0.25, 0.3) is 0 Å². The lowest BCUT2D eigenvalue weighted by Gasteiger charge is -2.10. The van der Waals surface area contributed by atoms with Crippen molar-refractivity contribution in [2.75, 3.05) is 0 Å². The maximum Gasteiger partial charge on any atom is 0.141 e. The van der Waals surface area contributed by atoms with Gasteiger partial charge in [0.15, 0.2) is 0 Å². The van der Waals surface area contributed by atoms with Crippen molar-refractivity contribution in [3.63, 3.8) is 0 Å². The molecule has 0 bridgehead atoms. The van der Waals surface area contributed by atoms with E-state index >= 15 is 4.39 Å². The normalized spacial score (nSPS) is 11.1. The second-order valence-corrected chi connectivity index (χ2v) is 9.05. The summed E-state index contributed by atoms with van der Waals surface area (Å²) >= 11 is 0. The number of halogens is 3. The van der Waals surface area contributed by atoms with Gasteiger partial charge in [-0.1, -0.05) is 61.9 Å². The highest BCUT2D eigenvalue weighted by Crippen LogP contribution is 2.25. The van der Waals surface area contributed by atoms with E-state index in [1.165, 1.54) is 12.1 Å². The Kier molecular flexibility index (Phi) is 7.87. The van der Waals surface area contributed by atoms with Gasteiger partial charge >= 0.3 is 0 Å². The summed E-state index contributed by atoms with van der Waals surface area (Å²) in [7, 11) is 0. The smallest absolute Gasteiger partial charge is 0.141 e. The fourth-order valence-electron chi connectivity index (χ4n) is 4.43. The second-order valence-electron chi connectivity index (χ2n) is 9.05. The van der Waals surface area contributed by atoms with Crippen LogP contribution in [-0.4, -0.2) is 0 Å². The first-order valence-corrected chi connectivity index (χ1v) is 12.1. The molecule has 0 atom stereocenters. The van der Waals surface area contributed by atoms with Gasteiger partial charge < -0.3 is 0 Å². The molecule has 0 aliphatic rings. The van der Waals surface area contributed by atoms with Crippen LogP contribution in [0, 0.1) is 28.8 Å². The number of aryl methyl sites for hydroxylation is 5. The molecule has 0 aliphatic carbocycles. The van der Waals surface area contributed by atoms with Crippen LogP contribution in [-0.2, 0) is 32.1 Å². The summed E-state index contributed by atoms with van der Waals surface area (Å²) < 4.78 is 43.5. The zero-order valence-electron chi connectivity index (χ0n) is 19.9. The summed E-state index contributed by atoms with van der Waals surface area (Å²) in [5.41, 5.74) is 4.07. The number of unbranched alkanes of at least 4 members (excludes halogenated alkanes) is 1. The third-order valence-corrected chi connectivity index (χ3v) is 6.55. The molecular weight excluding hydrogens is 443 g/mol. The molecule has 4 rings (SSSR count). The van der Waals surface area contributed by atoms with Gasteiger partial charge in [-0.2, -0.15) is 5.26 Å². The molecule has 0 saturated carbocycles. The largest absolute Gasteiger partial charge is 0.207 e. The van der Waals surface area contributed by atoms with Crippen molar-refractivity contribution in [1.29, 1.82) is 5.26 Å². The van der Waals surface area contributed by atoms with Crippen molar-refractivity contribution in [1.82, 2.24) is 0 Å². The van der Waals surface area contributed by atoms with E-state index in [-0.39, 0.29) is 17.2 Å². The summed E-state index contributed by atoms with van der Waals surface area (Å²) in [6, 6.07) is 21.2. The molecule has 0 aromatic heterocycles. The van der Waals surface area contributed by atoms with E-state index in [4.69, 9.17) is 5.26 Å². The fraction of sp³-hybridized carbons (Fsp3) is 0.258. The van der Waals surface area contributed by atoms with Crippen molar-refractivity contribution in [3.05, 3.63) is 118 Å². The molecule has 35 heavy (non-hydrogen) atoms. The highest BCUT2D eigenvalue weighted by atomic mass is 19.1. The second kappa shape index (κ2) is 11.2. The molecule has 0 saturated heterocycles. The average molecular weight is 472 g/mol. The number of rotatable bonds is 9. The maximum absolute atomic E-state index is 15.2. The Balaban J connectivity index is 1.43. The van der Waals surface area contributed by atoms with Gasteiger partial charge in [-0.15, -0.1) is 0 Å². The summed E-state index contributed by atoms with van der Waals surface area (Å²) in [6.07, 6.45) is 5.22. The van der Waals surface area contributed by atoms with Crippen LogP contribution in [0.5, 0.6) is 0 Å². The summed E-state index contributed by atoms with van der Waals surface area (Å²) in [5.74, 6) is -0.974. The molecule has 0 fully saturated rings. The van der Waals surface area contributed by atoms with Crippen LogP contribution in [0.15, 0.2) is 66.7 Å². The van der Waals surface area contributed by atoms with E-state index < -0.39 is 5.82 Å². The minimum atomic E-state index is -0.552. The Morgan fingerprint density at radius 1 is 0.657 bits per heavy atom. The Morgan fingerprint density at radius 3 is 2.00 bits per heavy atom. The van der Waals surface area contributed by atoms with E-state index in [1.54, 1.807) is 30.3 Å². The zero-order valence-corrected chi connectivity index (χ0v) is 19.9. The third-order valence-electron chi connectivity index (χ3n) is 6.55. The van der Waals surface area contributed by atoms with Crippen LogP contribution < -0.4 is 0 Å².